The van der Waals surface area contributed by atoms with Crippen LogP contribution in [-0.4, -0.2) is 9.13 Å². The lowest BCUT2D eigenvalue weighted by Gasteiger charge is -2.27. The maximum absolute atomic E-state index is 13.2. The summed E-state index contributed by atoms with van der Waals surface area (Å²) in [5, 5.41) is 0.967. The van der Waals surface area contributed by atoms with Crippen molar-refractivity contribution in [3.05, 3.63) is 53.5 Å². The summed E-state index contributed by atoms with van der Waals surface area (Å²) < 4.78 is 2.61. The van der Waals surface area contributed by atoms with Crippen molar-refractivity contribution < 1.29 is 0 Å². The zero-order chi connectivity index (χ0) is 30.9. The molecule has 234 valence electrons. The van der Waals surface area contributed by atoms with E-state index < -0.39 is 5.54 Å². The first-order valence-electron chi connectivity index (χ1n) is 17.0. The number of hydrogen-bond acceptors (Lipinski definition) is 4. The summed E-state index contributed by atoms with van der Waals surface area (Å²) in [5.41, 5.74) is -2.04. The van der Waals surface area contributed by atoms with Gasteiger partial charge in [0.05, 0.1) is 21.5 Å². The van der Waals surface area contributed by atoms with Crippen LogP contribution >= 0.6 is 0 Å². The third-order valence-electron chi connectivity index (χ3n) is 10.3. The van der Waals surface area contributed by atoms with Gasteiger partial charge < -0.3 is 0 Å². The average Bonchev–Trinajstić information content (AvgIpc) is 3.38. The Balaban J connectivity index is 1.47. The number of nitrogens with zero attached hydrogens (tertiary/aromatic N) is 2. The molecule has 0 bridgehead atoms. The average molecular weight is 581 g/mol. The number of rotatable bonds is 20. The summed E-state index contributed by atoms with van der Waals surface area (Å²) in [4.78, 5) is 52.7. The fraction of sp³-hybridized carbons (Fsp3) is 0.722. The van der Waals surface area contributed by atoms with E-state index in [1.165, 1.54) is 91.9 Å². The van der Waals surface area contributed by atoms with Gasteiger partial charge in [0.15, 0.2) is 0 Å². The molecule has 0 aliphatic heterocycles. The Labute approximate surface area is 252 Å². The minimum atomic E-state index is -0.596. The highest BCUT2D eigenvalue weighted by Crippen LogP contribution is 2.25. The molecule has 3 aromatic rings. The summed E-state index contributed by atoms with van der Waals surface area (Å²) in [6.45, 7) is 13.3. The normalized spacial score (nSPS) is 13.9. The molecular formula is C36H56N2O4. The highest BCUT2D eigenvalue weighted by molar-refractivity contribution is 5.97. The Hall–Kier alpha value is -2.50. The van der Waals surface area contributed by atoms with Crippen molar-refractivity contribution >= 4 is 21.5 Å². The molecule has 1 aromatic carbocycles. The van der Waals surface area contributed by atoms with Gasteiger partial charge in [-0.25, -0.2) is 0 Å². The van der Waals surface area contributed by atoms with E-state index in [4.69, 9.17) is 0 Å². The second kappa shape index (κ2) is 15.8. The van der Waals surface area contributed by atoms with Gasteiger partial charge in [0.1, 0.15) is 0 Å². The van der Waals surface area contributed by atoms with Crippen LogP contribution in [0, 0.1) is 11.8 Å². The first-order chi connectivity index (χ1) is 20.1. The Bertz CT molecular complexity index is 1400. The highest BCUT2D eigenvalue weighted by Gasteiger charge is 2.29. The molecule has 0 amide bonds. The van der Waals surface area contributed by atoms with Crippen LogP contribution in [0.2, 0.25) is 0 Å². The maximum Gasteiger partial charge on any atom is 0.262 e. The molecule has 6 nitrogen and oxygen atoms in total. The summed E-state index contributed by atoms with van der Waals surface area (Å²) >= 11 is 0. The van der Waals surface area contributed by atoms with Gasteiger partial charge in [-0.1, -0.05) is 118 Å². The smallest absolute Gasteiger partial charge is 0.262 e. The topological polar surface area (TPSA) is 78.1 Å². The van der Waals surface area contributed by atoms with Crippen molar-refractivity contribution in [2.45, 2.75) is 156 Å². The van der Waals surface area contributed by atoms with Gasteiger partial charge in [0, 0.05) is 12.1 Å². The lowest BCUT2D eigenvalue weighted by atomic mass is 9.86. The molecule has 0 aliphatic rings. The van der Waals surface area contributed by atoms with Crippen LogP contribution in [0.4, 0.5) is 0 Å². The first kappa shape index (κ1) is 34.0. The molecular weight excluding hydrogens is 524 g/mol. The van der Waals surface area contributed by atoms with E-state index in [2.05, 4.69) is 20.8 Å². The standard InChI is InChI=1S/C36H56N2O4/c1-7-10-11-12-15-18-21-26(4)27(5)22-19-16-13-14-17-20-23-37-32(39)28-24-30-31(25-29(28)33(37)40)35(42)38(34(30)41)36(6,8-2)9-3/h24-27H,7-23H2,1-6H3. The van der Waals surface area contributed by atoms with Crippen molar-refractivity contribution in [2.75, 3.05) is 0 Å². The fourth-order valence-electron chi connectivity index (χ4n) is 6.54. The largest absolute Gasteiger partial charge is 0.274 e. The Morgan fingerprint density at radius 2 is 0.952 bits per heavy atom. The maximum atomic E-state index is 13.2. The molecule has 0 N–H and O–H groups in total. The van der Waals surface area contributed by atoms with Gasteiger partial charge in [0.25, 0.3) is 22.2 Å². The van der Waals surface area contributed by atoms with Crippen molar-refractivity contribution in [1.82, 2.24) is 9.13 Å². The number of unbranched alkanes of at least 4 members (excludes halogenated alkanes) is 10. The molecule has 0 radical (unpaired) electrons. The van der Waals surface area contributed by atoms with Crippen molar-refractivity contribution in [3.8, 4) is 0 Å². The zero-order valence-corrected chi connectivity index (χ0v) is 27.4. The zero-order valence-electron chi connectivity index (χ0n) is 27.4. The van der Waals surface area contributed by atoms with Crippen LogP contribution in [0.5, 0.6) is 0 Å². The van der Waals surface area contributed by atoms with Gasteiger partial charge in [0.2, 0.25) is 0 Å². The minimum Gasteiger partial charge on any atom is -0.274 e. The molecule has 6 heteroatoms. The van der Waals surface area contributed by atoms with Crippen LogP contribution in [0.25, 0.3) is 21.5 Å². The van der Waals surface area contributed by atoms with E-state index in [1.807, 2.05) is 20.8 Å². The van der Waals surface area contributed by atoms with Crippen LogP contribution in [0.1, 0.15) is 144 Å². The van der Waals surface area contributed by atoms with Gasteiger partial charge in [-0.2, -0.15) is 0 Å². The molecule has 2 aromatic heterocycles. The highest BCUT2D eigenvalue weighted by atomic mass is 16.2. The molecule has 0 spiro atoms. The van der Waals surface area contributed by atoms with Gasteiger partial charge in [-0.3, -0.25) is 28.3 Å². The van der Waals surface area contributed by atoms with Crippen molar-refractivity contribution in [2.24, 2.45) is 11.8 Å². The minimum absolute atomic E-state index is 0.237. The van der Waals surface area contributed by atoms with Crippen LogP contribution < -0.4 is 22.2 Å². The summed E-state index contributed by atoms with van der Waals surface area (Å²) in [6.07, 6.45) is 18.7. The van der Waals surface area contributed by atoms with E-state index in [0.29, 0.717) is 19.4 Å². The Kier molecular flexibility index (Phi) is 12.8. The molecule has 3 rings (SSSR count). The first-order valence-corrected chi connectivity index (χ1v) is 17.0. The van der Waals surface area contributed by atoms with E-state index in [9.17, 15) is 19.2 Å². The quantitative estimate of drug-likeness (QED) is 0.126. The van der Waals surface area contributed by atoms with Gasteiger partial charge >= 0.3 is 0 Å². The molecule has 2 atom stereocenters. The fourth-order valence-corrected chi connectivity index (χ4v) is 6.54. The Morgan fingerprint density at radius 1 is 0.571 bits per heavy atom. The predicted octanol–water partition coefficient (Wildman–Crippen LogP) is 8.20. The molecule has 0 aliphatic carbocycles. The van der Waals surface area contributed by atoms with E-state index in [1.54, 1.807) is 0 Å². The summed E-state index contributed by atoms with van der Waals surface area (Å²) in [5.74, 6) is 1.59. The monoisotopic (exact) mass is 580 g/mol. The second-order valence-electron chi connectivity index (χ2n) is 13.3. The number of aromatic nitrogens is 2. The lowest BCUT2D eigenvalue weighted by Crippen LogP contribution is -2.42. The molecule has 0 fully saturated rings. The van der Waals surface area contributed by atoms with Crippen molar-refractivity contribution in [3.63, 3.8) is 0 Å². The van der Waals surface area contributed by atoms with E-state index >= 15 is 0 Å². The van der Waals surface area contributed by atoms with Gasteiger partial charge in [-0.05, 0) is 50.2 Å². The third-order valence-corrected chi connectivity index (χ3v) is 10.3. The van der Waals surface area contributed by atoms with E-state index in [0.717, 1.165) is 31.1 Å². The van der Waals surface area contributed by atoms with Crippen LogP contribution in [0.3, 0.4) is 0 Å². The molecule has 42 heavy (non-hydrogen) atoms. The predicted molar refractivity (Wildman–Crippen MR) is 178 cm³/mol. The third kappa shape index (κ3) is 7.71. The second-order valence-corrected chi connectivity index (χ2v) is 13.3. The molecule has 2 heterocycles. The van der Waals surface area contributed by atoms with Crippen LogP contribution in [-0.2, 0) is 12.1 Å². The number of benzene rings is 1. The lowest BCUT2D eigenvalue weighted by molar-refractivity contribution is 0.282. The Morgan fingerprint density at radius 3 is 1.38 bits per heavy atom. The number of hydrogen-bond donors (Lipinski definition) is 0. The van der Waals surface area contributed by atoms with E-state index in [-0.39, 0.29) is 43.8 Å². The SMILES string of the molecule is CCCCCCCCC(C)C(C)CCCCCCCCn1c(=O)c2cc3c(=O)n(C(C)(CC)CC)c(=O)c3cc2c1=O. The summed E-state index contributed by atoms with van der Waals surface area (Å²) in [7, 11) is 0. The molecule has 0 saturated carbocycles. The van der Waals surface area contributed by atoms with Crippen molar-refractivity contribution in [1.29, 1.82) is 0 Å². The van der Waals surface area contributed by atoms with Crippen LogP contribution in [0.15, 0.2) is 31.3 Å². The molecule has 0 saturated heterocycles. The number of fused-ring (bicyclic) bond motifs is 2. The molecule has 2 unspecified atom stereocenters. The van der Waals surface area contributed by atoms with Gasteiger partial charge in [-0.15, -0.1) is 0 Å². The summed E-state index contributed by atoms with van der Waals surface area (Å²) in [6, 6.07) is 2.96.